The van der Waals surface area contributed by atoms with Crippen molar-refractivity contribution in [2.45, 2.75) is 0 Å². The number of nitrogens with zero attached hydrogens (tertiary/aromatic N) is 2. The molecule has 24 heavy (non-hydrogen) atoms. The molecule has 0 spiro atoms. The summed E-state index contributed by atoms with van der Waals surface area (Å²) in [6.45, 7) is 0. The first-order valence-electron chi connectivity index (χ1n) is 7.04. The van der Waals surface area contributed by atoms with Crippen molar-refractivity contribution >= 4 is 39.0 Å². The topological polar surface area (TPSA) is 66.9 Å². The van der Waals surface area contributed by atoms with Crippen molar-refractivity contribution in [3.05, 3.63) is 76.6 Å². The van der Waals surface area contributed by atoms with E-state index < -0.39 is 11.7 Å². The lowest BCUT2D eigenvalue weighted by molar-refractivity contribution is 0.102. The average molecular weight is 387 g/mol. The Morgan fingerprint density at radius 1 is 1.00 bits per heavy atom. The number of para-hydroxylation sites is 1. The molecule has 0 saturated heterocycles. The number of benzene rings is 2. The van der Waals surface area contributed by atoms with Gasteiger partial charge in [-0.25, -0.2) is 4.39 Å². The number of amides is 1. The van der Waals surface area contributed by atoms with Gasteiger partial charge in [-0.15, -0.1) is 10.2 Å². The van der Waals surface area contributed by atoms with Crippen LogP contribution >= 0.6 is 15.9 Å². The number of carbonyl (C=O) groups excluding carboxylic acids is 1. The molecule has 0 aliphatic heterocycles. The number of halogens is 2. The van der Waals surface area contributed by atoms with Crippen LogP contribution in [0.25, 0.3) is 0 Å². The summed E-state index contributed by atoms with van der Waals surface area (Å²) in [6.07, 6.45) is 0. The molecule has 0 unspecified atom stereocenters. The zero-order valence-corrected chi connectivity index (χ0v) is 13.9. The van der Waals surface area contributed by atoms with Crippen molar-refractivity contribution in [3.63, 3.8) is 0 Å². The molecule has 7 heteroatoms. The van der Waals surface area contributed by atoms with Crippen molar-refractivity contribution in [1.29, 1.82) is 0 Å². The average Bonchev–Trinajstić information content (AvgIpc) is 2.57. The summed E-state index contributed by atoms with van der Waals surface area (Å²) in [5, 5.41) is 13.4. The Morgan fingerprint density at radius 2 is 1.83 bits per heavy atom. The number of nitrogens with one attached hydrogen (secondary N) is 2. The first-order chi connectivity index (χ1) is 11.6. The molecule has 0 fully saturated rings. The van der Waals surface area contributed by atoms with Crippen LogP contribution < -0.4 is 10.6 Å². The van der Waals surface area contributed by atoms with E-state index >= 15 is 0 Å². The Kier molecular flexibility index (Phi) is 4.81. The second-order valence-electron chi connectivity index (χ2n) is 4.87. The van der Waals surface area contributed by atoms with Gasteiger partial charge in [0.05, 0.1) is 5.69 Å². The van der Waals surface area contributed by atoms with E-state index in [0.717, 1.165) is 10.2 Å². The van der Waals surface area contributed by atoms with Gasteiger partial charge in [0, 0.05) is 10.2 Å². The van der Waals surface area contributed by atoms with E-state index in [4.69, 9.17) is 0 Å². The van der Waals surface area contributed by atoms with Crippen LogP contribution in [0.1, 0.15) is 10.5 Å². The third-order valence-electron chi connectivity index (χ3n) is 3.12. The van der Waals surface area contributed by atoms with Crippen molar-refractivity contribution in [3.8, 4) is 0 Å². The molecule has 0 aliphatic carbocycles. The molecular formula is C17H12BrFN4O. The highest BCUT2D eigenvalue weighted by Gasteiger charge is 2.11. The SMILES string of the molecule is O=C(Nc1ccccc1F)c1ccc(Nc2cccc(Br)c2)nn1. The molecule has 2 N–H and O–H groups in total. The Labute approximate surface area is 146 Å². The van der Waals surface area contributed by atoms with Gasteiger partial charge in [-0.05, 0) is 42.5 Å². The summed E-state index contributed by atoms with van der Waals surface area (Å²) in [5.74, 6) is -0.538. The maximum atomic E-state index is 13.5. The molecule has 3 rings (SSSR count). The highest BCUT2D eigenvalue weighted by molar-refractivity contribution is 9.10. The lowest BCUT2D eigenvalue weighted by Crippen LogP contribution is -2.15. The number of aromatic nitrogens is 2. The third-order valence-corrected chi connectivity index (χ3v) is 3.61. The second-order valence-corrected chi connectivity index (χ2v) is 5.79. The second kappa shape index (κ2) is 7.18. The Morgan fingerprint density at radius 3 is 2.54 bits per heavy atom. The molecule has 0 saturated carbocycles. The Bertz CT molecular complexity index is 870. The van der Waals surface area contributed by atoms with Gasteiger partial charge in [-0.2, -0.15) is 0 Å². The summed E-state index contributed by atoms with van der Waals surface area (Å²) in [7, 11) is 0. The van der Waals surface area contributed by atoms with Crippen molar-refractivity contribution in [2.75, 3.05) is 10.6 Å². The normalized spacial score (nSPS) is 10.2. The molecule has 0 aliphatic rings. The van der Waals surface area contributed by atoms with E-state index in [9.17, 15) is 9.18 Å². The number of hydrogen-bond acceptors (Lipinski definition) is 4. The summed E-state index contributed by atoms with van der Waals surface area (Å²) in [5.41, 5.74) is 1.03. The van der Waals surface area contributed by atoms with Gasteiger partial charge in [-0.3, -0.25) is 4.79 Å². The molecule has 0 radical (unpaired) electrons. The molecule has 120 valence electrons. The van der Waals surface area contributed by atoms with Gasteiger partial charge in [0.1, 0.15) is 5.82 Å². The predicted molar refractivity (Wildman–Crippen MR) is 93.8 cm³/mol. The fourth-order valence-corrected chi connectivity index (χ4v) is 2.38. The van der Waals surface area contributed by atoms with Gasteiger partial charge in [0.2, 0.25) is 0 Å². The van der Waals surface area contributed by atoms with Crippen LogP contribution in [0.15, 0.2) is 65.1 Å². The fourth-order valence-electron chi connectivity index (χ4n) is 1.98. The molecule has 1 aromatic heterocycles. The predicted octanol–water partition coefficient (Wildman–Crippen LogP) is 4.37. The maximum absolute atomic E-state index is 13.5. The summed E-state index contributed by atoms with van der Waals surface area (Å²) < 4.78 is 14.5. The molecule has 1 heterocycles. The maximum Gasteiger partial charge on any atom is 0.276 e. The molecule has 0 atom stereocenters. The quantitative estimate of drug-likeness (QED) is 0.698. The highest BCUT2D eigenvalue weighted by Crippen LogP contribution is 2.19. The number of carbonyl (C=O) groups is 1. The summed E-state index contributed by atoms with van der Waals surface area (Å²) >= 11 is 3.38. The molecule has 3 aromatic rings. The number of anilines is 3. The molecule has 2 aromatic carbocycles. The summed E-state index contributed by atoms with van der Waals surface area (Å²) in [6, 6.07) is 16.6. The smallest absolute Gasteiger partial charge is 0.276 e. The third kappa shape index (κ3) is 3.94. The van der Waals surface area contributed by atoms with Crippen LogP contribution in [-0.4, -0.2) is 16.1 Å². The van der Waals surface area contributed by atoms with Crippen molar-refractivity contribution in [1.82, 2.24) is 10.2 Å². The lowest BCUT2D eigenvalue weighted by atomic mass is 10.3. The van der Waals surface area contributed by atoms with Crippen molar-refractivity contribution < 1.29 is 9.18 Å². The Hall–Kier alpha value is -2.80. The number of rotatable bonds is 4. The minimum Gasteiger partial charge on any atom is -0.339 e. The molecule has 5 nitrogen and oxygen atoms in total. The van der Waals surface area contributed by atoms with Gasteiger partial charge in [-0.1, -0.05) is 34.1 Å². The van der Waals surface area contributed by atoms with Crippen LogP contribution in [0.4, 0.5) is 21.6 Å². The van der Waals surface area contributed by atoms with Crippen LogP contribution in [0.3, 0.4) is 0 Å². The van der Waals surface area contributed by atoms with Crippen LogP contribution in [0.2, 0.25) is 0 Å². The Balaban J connectivity index is 1.70. The lowest BCUT2D eigenvalue weighted by Gasteiger charge is -2.07. The fraction of sp³-hybridized carbons (Fsp3) is 0. The summed E-state index contributed by atoms with van der Waals surface area (Å²) in [4.78, 5) is 12.1. The van der Waals surface area contributed by atoms with Gasteiger partial charge >= 0.3 is 0 Å². The van der Waals surface area contributed by atoms with Crippen molar-refractivity contribution in [2.24, 2.45) is 0 Å². The molecule has 0 bridgehead atoms. The minimum atomic E-state index is -0.526. The zero-order valence-electron chi connectivity index (χ0n) is 12.3. The van der Waals surface area contributed by atoms with E-state index in [0.29, 0.717) is 5.82 Å². The van der Waals surface area contributed by atoms with Crippen LogP contribution in [-0.2, 0) is 0 Å². The van der Waals surface area contributed by atoms with Gasteiger partial charge in [0.25, 0.3) is 5.91 Å². The molecule has 1 amide bonds. The van der Waals surface area contributed by atoms with E-state index in [1.807, 2.05) is 24.3 Å². The molecular weight excluding hydrogens is 375 g/mol. The van der Waals surface area contributed by atoms with Crippen LogP contribution in [0, 0.1) is 5.82 Å². The van der Waals surface area contributed by atoms with E-state index in [1.165, 1.54) is 18.2 Å². The minimum absolute atomic E-state index is 0.0954. The van der Waals surface area contributed by atoms with E-state index in [2.05, 4.69) is 36.8 Å². The first-order valence-corrected chi connectivity index (χ1v) is 7.83. The van der Waals surface area contributed by atoms with Crippen LogP contribution in [0.5, 0.6) is 0 Å². The monoisotopic (exact) mass is 386 g/mol. The number of hydrogen-bond donors (Lipinski definition) is 2. The van der Waals surface area contributed by atoms with Gasteiger partial charge in [0.15, 0.2) is 11.5 Å². The van der Waals surface area contributed by atoms with E-state index in [-0.39, 0.29) is 11.4 Å². The zero-order chi connectivity index (χ0) is 16.9. The van der Waals surface area contributed by atoms with E-state index in [1.54, 1.807) is 18.2 Å². The van der Waals surface area contributed by atoms with Gasteiger partial charge < -0.3 is 10.6 Å². The largest absolute Gasteiger partial charge is 0.339 e. The standard InChI is InChI=1S/C17H12BrFN4O/c18-11-4-3-5-12(10-11)20-16-9-8-15(22-23-16)17(24)21-14-7-2-1-6-13(14)19/h1-10H,(H,20,23)(H,21,24). The highest BCUT2D eigenvalue weighted by atomic mass is 79.9. The first kappa shape index (κ1) is 16.1.